The Hall–Kier alpha value is -3.26. The van der Waals surface area contributed by atoms with Gasteiger partial charge in [-0.15, -0.1) is 0 Å². The highest BCUT2D eigenvalue weighted by Crippen LogP contribution is 2.24. The Morgan fingerprint density at radius 1 is 0.900 bits per heavy atom. The Morgan fingerprint density at radius 3 is 2.00 bits per heavy atom. The second-order valence-electron chi connectivity index (χ2n) is 6.64. The van der Waals surface area contributed by atoms with Crippen LogP contribution in [0.25, 0.3) is 0 Å². The zero-order valence-electron chi connectivity index (χ0n) is 16.1. The van der Waals surface area contributed by atoms with E-state index in [4.69, 9.17) is 0 Å². The minimum Gasteiger partial charge on any atom is -0.348 e. The number of halogens is 2. The third-order valence-electron chi connectivity index (χ3n) is 4.48. The van der Waals surface area contributed by atoms with Crippen LogP contribution in [0.2, 0.25) is 0 Å². The highest BCUT2D eigenvalue weighted by molar-refractivity contribution is 7.92. The van der Waals surface area contributed by atoms with E-state index in [2.05, 4.69) is 5.32 Å². The Kier molecular flexibility index (Phi) is 6.47. The fourth-order valence-electron chi connectivity index (χ4n) is 2.89. The smallest absolute Gasteiger partial charge is 0.264 e. The van der Waals surface area contributed by atoms with Crippen molar-refractivity contribution in [3.8, 4) is 0 Å². The molecule has 0 spiro atoms. The zero-order valence-corrected chi connectivity index (χ0v) is 16.9. The van der Waals surface area contributed by atoms with Gasteiger partial charge in [-0.3, -0.25) is 9.10 Å². The lowest BCUT2D eigenvalue weighted by Gasteiger charge is -2.25. The molecular formula is C22H20F2N2O3S. The van der Waals surface area contributed by atoms with Crippen LogP contribution < -0.4 is 9.62 Å². The first-order valence-corrected chi connectivity index (χ1v) is 10.6. The van der Waals surface area contributed by atoms with Crippen LogP contribution in [0.3, 0.4) is 0 Å². The highest BCUT2D eigenvalue weighted by Gasteiger charge is 2.27. The molecule has 0 fully saturated rings. The van der Waals surface area contributed by atoms with E-state index in [0.29, 0.717) is 5.56 Å². The normalized spacial score (nSPS) is 12.2. The third-order valence-corrected chi connectivity index (χ3v) is 6.27. The monoisotopic (exact) mass is 430 g/mol. The van der Waals surface area contributed by atoms with Gasteiger partial charge in [0, 0.05) is 0 Å². The van der Waals surface area contributed by atoms with Crippen molar-refractivity contribution in [1.82, 2.24) is 5.32 Å². The van der Waals surface area contributed by atoms with E-state index in [1.807, 2.05) is 0 Å². The maximum Gasteiger partial charge on any atom is 0.264 e. The maximum atomic E-state index is 13.3. The predicted molar refractivity (Wildman–Crippen MR) is 110 cm³/mol. The molecule has 156 valence electrons. The van der Waals surface area contributed by atoms with Crippen molar-refractivity contribution < 1.29 is 22.0 Å². The molecule has 1 amide bonds. The summed E-state index contributed by atoms with van der Waals surface area (Å²) in [6.45, 7) is 1.20. The first kappa shape index (κ1) is 21.4. The standard InChI is InChI=1S/C22H20F2N2O3S/c1-16(17-7-9-18(23)10-8-17)25-22(27)15-26(20-13-11-19(24)12-14-20)30(28,29)21-5-3-2-4-6-21/h2-14,16H,15H2,1H3,(H,25,27)/t16-/m1/s1. The molecule has 3 aromatic carbocycles. The van der Waals surface area contributed by atoms with Gasteiger partial charge in [0.25, 0.3) is 10.0 Å². The average molecular weight is 430 g/mol. The van der Waals surface area contributed by atoms with Gasteiger partial charge < -0.3 is 5.32 Å². The average Bonchev–Trinajstić information content (AvgIpc) is 2.74. The van der Waals surface area contributed by atoms with Crippen LogP contribution in [0.1, 0.15) is 18.5 Å². The summed E-state index contributed by atoms with van der Waals surface area (Å²) in [6, 6.07) is 17.7. The summed E-state index contributed by atoms with van der Waals surface area (Å²) in [5.41, 5.74) is 0.828. The van der Waals surface area contributed by atoms with E-state index in [-0.39, 0.29) is 10.6 Å². The molecule has 1 atom stereocenters. The molecule has 0 radical (unpaired) electrons. The molecule has 3 aromatic rings. The molecule has 0 aromatic heterocycles. The molecule has 0 heterocycles. The van der Waals surface area contributed by atoms with Gasteiger partial charge in [0.1, 0.15) is 18.2 Å². The minimum atomic E-state index is -4.07. The van der Waals surface area contributed by atoms with Gasteiger partial charge in [-0.05, 0) is 61.0 Å². The number of hydrogen-bond acceptors (Lipinski definition) is 3. The van der Waals surface area contributed by atoms with Crippen LogP contribution >= 0.6 is 0 Å². The predicted octanol–water partition coefficient (Wildman–Crippen LogP) is 4.04. The summed E-state index contributed by atoms with van der Waals surface area (Å²) in [4.78, 5) is 12.7. The van der Waals surface area contributed by atoms with Gasteiger partial charge >= 0.3 is 0 Å². The second kappa shape index (κ2) is 9.04. The van der Waals surface area contributed by atoms with Crippen LogP contribution in [0.15, 0.2) is 83.8 Å². The van der Waals surface area contributed by atoms with Gasteiger partial charge in [-0.1, -0.05) is 30.3 Å². The number of benzene rings is 3. The Morgan fingerprint density at radius 2 is 1.43 bits per heavy atom. The summed E-state index contributed by atoms with van der Waals surface area (Å²) in [5, 5.41) is 2.71. The lowest BCUT2D eigenvalue weighted by molar-refractivity contribution is -0.120. The molecule has 0 bridgehead atoms. The summed E-state index contributed by atoms with van der Waals surface area (Å²) in [7, 11) is -4.07. The van der Waals surface area contributed by atoms with Gasteiger partial charge in [0.15, 0.2) is 0 Å². The van der Waals surface area contributed by atoms with Crippen LogP contribution in [0.5, 0.6) is 0 Å². The van der Waals surface area contributed by atoms with Gasteiger partial charge in [0.05, 0.1) is 16.6 Å². The minimum absolute atomic E-state index is 0.00806. The van der Waals surface area contributed by atoms with Crippen molar-refractivity contribution in [2.24, 2.45) is 0 Å². The van der Waals surface area contributed by atoms with Crippen molar-refractivity contribution in [2.75, 3.05) is 10.8 Å². The first-order valence-electron chi connectivity index (χ1n) is 9.15. The number of anilines is 1. The number of nitrogens with one attached hydrogen (secondary N) is 1. The zero-order chi connectivity index (χ0) is 21.7. The van der Waals surface area contributed by atoms with Crippen molar-refractivity contribution in [2.45, 2.75) is 17.9 Å². The lowest BCUT2D eigenvalue weighted by Crippen LogP contribution is -2.41. The van der Waals surface area contributed by atoms with Crippen molar-refractivity contribution in [3.05, 3.63) is 96.1 Å². The van der Waals surface area contributed by atoms with E-state index in [1.54, 1.807) is 37.3 Å². The molecule has 0 unspecified atom stereocenters. The molecule has 0 saturated heterocycles. The fraction of sp³-hybridized carbons (Fsp3) is 0.136. The number of sulfonamides is 1. The molecule has 1 N–H and O–H groups in total. The van der Waals surface area contributed by atoms with Gasteiger partial charge in [-0.25, -0.2) is 17.2 Å². The van der Waals surface area contributed by atoms with E-state index < -0.39 is 40.2 Å². The Bertz CT molecular complexity index is 1100. The molecule has 8 heteroatoms. The van der Waals surface area contributed by atoms with E-state index in [9.17, 15) is 22.0 Å². The molecule has 0 aliphatic carbocycles. The second-order valence-corrected chi connectivity index (χ2v) is 8.50. The molecule has 3 rings (SSSR count). The van der Waals surface area contributed by atoms with Gasteiger partial charge in [-0.2, -0.15) is 0 Å². The third kappa shape index (κ3) is 5.01. The maximum absolute atomic E-state index is 13.3. The number of hydrogen-bond donors (Lipinski definition) is 1. The molecule has 0 aliphatic rings. The molecule has 5 nitrogen and oxygen atoms in total. The lowest BCUT2D eigenvalue weighted by atomic mass is 10.1. The largest absolute Gasteiger partial charge is 0.348 e. The van der Waals surface area contributed by atoms with Crippen LogP contribution in [0.4, 0.5) is 14.5 Å². The van der Waals surface area contributed by atoms with Crippen LogP contribution in [-0.4, -0.2) is 20.9 Å². The number of amides is 1. The molecule has 0 saturated carbocycles. The molecular weight excluding hydrogens is 410 g/mol. The summed E-state index contributed by atoms with van der Waals surface area (Å²) < 4.78 is 53.7. The van der Waals surface area contributed by atoms with E-state index >= 15 is 0 Å². The molecule has 30 heavy (non-hydrogen) atoms. The van der Waals surface area contributed by atoms with Crippen molar-refractivity contribution in [1.29, 1.82) is 0 Å². The van der Waals surface area contributed by atoms with Crippen LogP contribution in [-0.2, 0) is 14.8 Å². The topological polar surface area (TPSA) is 66.5 Å². The summed E-state index contributed by atoms with van der Waals surface area (Å²) >= 11 is 0. The number of carbonyl (C=O) groups excluding carboxylic acids is 1. The SMILES string of the molecule is C[C@@H](NC(=O)CN(c1ccc(F)cc1)S(=O)(=O)c1ccccc1)c1ccc(F)cc1. The van der Waals surface area contributed by atoms with E-state index in [1.165, 1.54) is 36.4 Å². The quantitative estimate of drug-likeness (QED) is 0.615. The Balaban J connectivity index is 1.86. The number of rotatable bonds is 7. The number of carbonyl (C=O) groups is 1. The van der Waals surface area contributed by atoms with Gasteiger partial charge in [0.2, 0.25) is 5.91 Å². The molecule has 0 aliphatic heterocycles. The van der Waals surface area contributed by atoms with Crippen LogP contribution in [0, 0.1) is 11.6 Å². The van der Waals surface area contributed by atoms with Crippen molar-refractivity contribution in [3.63, 3.8) is 0 Å². The van der Waals surface area contributed by atoms with E-state index in [0.717, 1.165) is 16.4 Å². The summed E-state index contributed by atoms with van der Waals surface area (Å²) in [6.07, 6.45) is 0. The number of nitrogens with zero attached hydrogens (tertiary/aromatic N) is 1. The van der Waals surface area contributed by atoms with Crippen molar-refractivity contribution >= 4 is 21.6 Å². The first-order chi connectivity index (χ1) is 14.3. The summed E-state index contributed by atoms with van der Waals surface area (Å²) in [5.74, 6) is -1.48. The fourth-order valence-corrected chi connectivity index (χ4v) is 4.34. The Labute approximate surface area is 174 Å². The highest BCUT2D eigenvalue weighted by atomic mass is 32.2.